The van der Waals surface area contributed by atoms with Crippen LogP contribution < -0.4 is 15.1 Å². The largest absolute Gasteiger partial charge is 0.478 e. The first-order valence-electron chi connectivity index (χ1n) is 13.4. The molecule has 0 unspecified atom stereocenters. The third-order valence-electron chi connectivity index (χ3n) is 6.57. The highest BCUT2D eigenvalue weighted by Gasteiger charge is 2.20. The van der Waals surface area contributed by atoms with Crippen molar-refractivity contribution in [3.8, 4) is 11.1 Å². The number of nitrogens with zero attached hydrogens (tertiary/aromatic N) is 5. The van der Waals surface area contributed by atoms with Gasteiger partial charge in [0.15, 0.2) is 0 Å². The lowest BCUT2D eigenvalue weighted by atomic mass is 10.1. The van der Waals surface area contributed by atoms with E-state index in [1.165, 1.54) is 0 Å². The van der Waals surface area contributed by atoms with E-state index in [0.717, 1.165) is 48.6 Å². The van der Waals surface area contributed by atoms with Crippen molar-refractivity contribution in [2.24, 2.45) is 0 Å². The number of aromatic nitrogens is 2. The molecule has 1 aromatic heterocycles. The molecule has 11 nitrogen and oxygen atoms in total. The van der Waals surface area contributed by atoms with Crippen LogP contribution in [0.1, 0.15) is 36.7 Å². The van der Waals surface area contributed by atoms with Crippen LogP contribution in [0.2, 0.25) is 0 Å². The number of amides is 2. The van der Waals surface area contributed by atoms with Crippen LogP contribution >= 0.6 is 0 Å². The van der Waals surface area contributed by atoms with E-state index >= 15 is 0 Å². The highest BCUT2D eigenvalue weighted by molar-refractivity contribution is 5.88. The molecule has 1 saturated heterocycles. The number of hydrogen-bond donors (Lipinski definition) is 2. The van der Waals surface area contributed by atoms with Gasteiger partial charge in [-0.2, -0.15) is 0 Å². The van der Waals surface area contributed by atoms with Gasteiger partial charge in [-0.3, -0.25) is 4.79 Å². The van der Waals surface area contributed by atoms with Gasteiger partial charge in [0.1, 0.15) is 12.1 Å². The summed E-state index contributed by atoms with van der Waals surface area (Å²) < 4.78 is 5.18. The zero-order valence-corrected chi connectivity index (χ0v) is 23.8. The molecule has 0 saturated carbocycles. The van der Waals surface area contributed by atoms with Crippen LogP contribution in [0.25, 0.3) is 11.1 Å². The van der Waals surface area contributed by atoms with Gasteiger partial charge in [-0.15, -0.1) is 0 Å². The van der Waals surface area contributed by atoms with Crippen LogP contribution in [0.3, 0.4) is 0 Å². The van der Waals surface area contributed by atoms with Crippen molar-refractivity contribution in [3.05, 3.63) is 72.1 Å². The molecule has 2 amide bonds. The molecule has 2 N–H and O–H groups in total. The minimum atomic E-state index is -0.930. The van der Waals surface area contributed by atoms with Crippen molar-refractivity contribution < 1.29 is 24.2 Å². The minimum absolute atomic E-state index is 0.147. The summed E-state index contributed by atoms with van der Waals surface area (Å²) in [7, 11) is 1.69. The third kappa shape index (κ3) is 8.17. The summed E-state index contributed by atoms with van der Waals surface area (Å²) in [5, 5.41) is 11.6. The van der Waals surface area contributed by atoms with E-state index in [0.29, 0.717) is 12.5 Å². The maximum absolute atomic E-state index is 12.5. The van der Waals surface area contributed by atoms with E-state index < -0.39 is 17.7 Å². The SMILES string of the molecule is CN(Cc1cccc(-c2cnc(N3CCN(c4ccc(C(=O)O)cc4)CC3)nc2)c1)C(=O)CNC(=O)OC(C)(C)C. The van der Waals surface area contributed by atoms with Gasteiger partial charge in [-0.25, -0.2) is 19.6 Å². The first-order valence-corrected chi connectivity index (χ1v) is 13.4. The molecule has 216 valence electrons. The number of rotatable bonds is 8. The van der Waals surface area contributed by atoms with Gasteiger partial charge in [0.05, 0.1) is 5.56 Å². The topological polar surface area (TPSA) is 128 Å². The van der Waals surface area contributed by atoms with Gasteiger partial charge in [0.25, 0.3) is 0 Å². The first-order chi connectivity index (χ1) is 19.5. The Balaban J connectivity index is 1.30. The van der Waals surface area contributed by atoms with Gasteiger partial charge >= 0.3 is 12.1 Å². The smallest absolute Gasteiger partial charge is 0.408 e. The zero-order valence-electron chi connectivity index (χ0n) is 23.8. The summed E-state index contributed by atoms with van der Waals surface area (Å²) in [6.45, 7) is 8.58. The van der Waals surface area contributed by atoms with Crippen molar-refractivity contribution in [3.63, 3.8) is 0 Å². The number of carbonyl (C=O) groups is 3. The van der Waals surface area contributed by atoms with Gasteiger partial charge < -0.3 is 29.9 Å². The first kappa shape index (κ1) is 29.3. The van der Waals surface area contributed by atoms with Crippen molar-refractivity contribution >= 4 is 29.6 Å². The number of aromatic carboxylic acids is 1. The molecular weight excluding hydrogens is 524 g/mol. The molecule has 0 atom stereocenters. The minimum Gasteiger partial charge on any atom is -0.478 e. The Labute approximate surface area is 239 Å². The van der Waals surface area contributed by atoms with E-state index in [1.54, 1.807) is 57.2 Å². The van der Waals surface area contributed by atoms with E-state index in [-0.39, 0.29) is 18.0 Å². The standard InChI is InChI=1S/C30H36N6O5/c1-30(2,3)41-29(40)33-19-26(37)34(4)20-21-6-5-7-23(16-21)24-17-31-28(32-18-24)36-14-12-35(13-15-36)25-10-8-22(9-11-25)27(38)39/h5-11,16-18H,12-15,19-20H2,1-4H3,(H,33,40)(H,38,39). The molecule has 11 heteroatoms. The van der Waals surface area contributed by atoms with Crippen molar-refractivity contribution in [2.75, 3.05) is 49.6 Å². The van der Waals surface area contributed by atoms with Crippen LogP contribution in [0, 0.1) is 0 Å². The molecule has 3 aromatic rings. The Hall–Kier alpha value is -4.67. The summed E-state index contributed by atoms with van der Waals surface area (Å²) in [5.74, 6) is -0.499. The lowest BCUT2D eigenvalue weighted by Gasteiger charge is -2.36. The van der Waals surface area contributed by atoms with Crippen LogP contribution in [-0.4, -0.2) is 83.3 Å². The number of anilines is 2. The second-order valence-electron chi connectivity index (χ2n) is 10.9. The Morgan fingerprint density at radius 2 is 1.59 bits per heavy atom. The van der Waals surface area contributed by atoms with Crippen molar-refractivity contribution in [1.82, 2.24) is 20.2 Å². The lowest BCUT2D eigenvalue weighted by molar-refractivity contribution is -0.129. The number of carboxylic acids is 1. The molecule has 0 aliphatic carbocycles. The van der Waals surface area contributed by atoms with E-state index in [4.69, 9.17) is 9.84 Å². The molecule has 0 radical (unpaired) electrons. The molecule has 4 rings (SSSR count). The Bertz CT molecular complexity index is 1360. The molecule has 2 heterocycles. The van der Waals surface area contributed by atoms with Crippen LogP contribution in [0.15, 0.2) is 60.9 Å². The molecule has 1 aliphatic rings. The number of alkyl carbamates (subject to hydrolysis) is 1. The average Bonchev–Trinajstić information content (AvgIpc) is 2.95. The molecule has 2 aromatic carbocycles. The fraction of sp³-hybridized carbons (Fsp3) is 0.367. The maximum atomic E-state index is 12.5. The average molecular weight is 561 g/mol. The Kier molecular flexibility index (Phi) is 9.06. The molecule has 1 fully saturated rings. The molecule has 0 bridgehead atoms. The summed E-state index contributed by atoms with van der Waals surface area (Å²) in [6, 6.07) is 14.8. The zero-order chi connectivity index (χ0) is 29.6. The van der Waals surface area contributed by atoms with Crippen LogP contribution in [0.5, 0.6) is 0 Å². The van der Waals surface area contributed by atoms with Gasteiger partial charge in [0, 0.05) is 63.4 Å². The monoisotopic (exact) mass is 560 g/mol. The van der Waals surface area contributed by atoms with Crippen LogP contribution in [-0.2, 0) is 16.1 Å². The second-order valence-corrected chi connectivity index (χ2v) is 10.9. The molecule has 41 heavy (non-hydrogen) atoms. The predicted molar refractivity (Wildman–Crippen MR) is 156 cm³/mol. The second kappa shape index (κ2) is 12.7. The van der Waals surface area contributed by atoms with Crippen molar-refractivity contribution in [1.29, 1.82) is 0 Å². The number of likely N-dealkylation sites (N-methyl/N-ethyl adjacent to an activating group) is 1. The van der Waals surface area contributed by atoms with E-state index in [9.17, 15) is 14.4 Å². The number of benzene rings is 2. The van der Waals surface area contributed by atoms with E-state index in [2.05, 4.69) is 25.1 Å². The Morgan fingerprint density at radius 1 is 0.951 bits per heavy atom. The molecule has 1 aliphatic heterocycles. The lowest BCUT2D eigenvalue weighted by Crippen LogP contribution is -2.47. The highest BCUT2D eigenvalue weighted by Crippen LogP contribution is 2.23. The highest BCUT2D eigenvalue weighted by atomic mass is 16.6. The predicted octanol–water partition coefficient (Wildman–Crippen LogP) is 3.65. The van der Waals surface area contributed by atoms with Gasteiger partial charge in [-0.05, 0) is 62.2 Å². The van der Waals surface area contributed by atoms with Gasteiger partial charge in [-0.1, -0.05) is 18.2 Å². The number of ether oxygens (including phenoxy) is 1. The van der Waals surface area contributed by atoms with Crippen molar-refractivity contribution in [2.45, 2.75) is 32.9 Å². The van der Waals surface area contributed by atoms with Gasteiger partial charge in [0.2, 0.25) is 11.9 Å². The maximum Gasteiger partial charge on any atom is 0.408 e. The fourth-order valence-corrected chi connectivity index (χ4v) is 4.42. The number of carboxylic acid groups (broad SMARTS) is 1. The Morgan fingerprint density at radius 3 is 2.20 bits per heavy atom. The summed E-state index contributed by atoms with van der Waals surface area (Å²) in [4.78, 5) is 50.6. The normalized spacial score (nSPS) is 13.5. The third-order valence-corrected chi connectivity index (χ3v) is 6.57. The fourth-order valence-electron chi connectivity index (χ4n) is 4.42. The van der Waals surface area contributed by atoms with E-state index in [1.807, 2.05) is 36.4 Å². The molecule has 0 spiro atoms. The number of piperazine rings is 1. The summed E-state index contributed by atoms with van der Waals surface area (Å²) >= 11 is 0. The quantitative estimate of drug-likeness (QED) is 0.424. The number of hydrogen-bond acceptors (Lipinski definition) is 8. The summed E-state index contributed by atoms with van der Waals surface area (Å²) in [6.07, 6.45) is 2.98. The van der Waals surface area contributed by atoms with Crippen LogP contribution in [0.4, 0.5) is 16.4 Å². The summed E-state index contributed by atoms with van der Waals surface area (Å²) in [5.41, 5.74) is 3.39. The molecular formula is C30H36N6O5. The number of nitrogens with one attached hydrogen (secondary N) is 1. The number of carbonyl (C=O) groups excluding carboxylic acids is 2.